The van der Waals surface area contributed by atoms with Crippen LogP contribution in [-0.4, -0.2) is 36.7 Å². The van der Waals surface area contributed by atoms with E-state index in [0.29, 0.717) is 5.75 Å². The second-order valence-corrected chi connectivity index (χ2v) is 3.68. The SMILES string of the molecule is COc1ccc(C(=O)O)cc1OCCC(=O)NC(N)=O. The molecule has 0 aromatic heterocycles. The number of aromatic carboxylic acids is 1. The number of urea groups is 1. The smallest absolute Gasteiger partial charge is 0.335 e. The van der Waals surface area contributed by atoms with Gasteiger partial charge in [-0.15, -0.1) is 0 Å². The number of nitrogens with one attached hydrogen (secondary N) is 1. The Kier molecular flexibility index (Phi) is 5.33. The molecule has 0 spiro atoms. The van der Waals surface area contributed by atoms with Gasteiger partial charge in [0.1, 0.15) is 0 Å². The Morgan fingerprint density at radius 1 is 1.30 bits per heavy atom. The third-order valence-corrected chi connectivity index (χ3v) is 2.26. The van der Waals surface area contributed by atoms with Gasteiger partial charge in [-0.25, -0.2) is 9.59 Å². The maximum atomic E-state index is 11.2. The summed E-state index contributed by atoms with van der Waals surface area (Å²) in [7, 11) is 1.41. The van der Waals surface area contributed by atoms with E-state index in [4.69, 9.17) is 20.3 Å². The minimum atomic E-state index is -1.11. The molecule has 1 aromatic carbocycles. The van der Waals surface area contributed by atoms with E-state index in [-0.39, 0.29) is 24.3 Å². The molecular formula is C12H14N2O6. The van der Waals surface area contributed by atoms with Gasteiger partial charge in [0, 0.05) is 0 Å². The summed E-state index contributed by atoms with van der Waals surface area (Å²) in [6, 6.07) is 3.16. The van der Waals surface area contributed by atoms with Crippen molar-refractivity contribution in [1.29, 1.82) is 0 Å². The van der Waals surface area contributed by atoms with E-state index < -0.39 is 17.9 Å². The third kappa shape index (κ3) is 4.48. The molecule has 0 saturated carbocycles. The largest absolute Gasteiger partial charge is 0.493 e. The Hall–Kier alpha value is -2.77. The number of carbonyl (C=O) groups excluding carboxylic acids is 2. The molecule has 0 radical (unpaired) electrons. The van der Waals surface area contributed by atoms with Gasteiger partial charge in [0.2, 0.25) is 5.91 Å². The summed E-state index contributed by atoms with van der Waals surface area (Å²) in [5.74, 6) is -1.17. The third-order valence-electron chi connectivity index (χ3n) is 2.26. The number of hydrogen-bond acceptors (Lipinski definition) is 5. The quantitative estimate of drug-likeness (QED) is 0.691. The number of hydrogen-bond donors (Lipinski definition) is 3. The fraction of sp³-hybridized carbons (Fsp3) is 0.250. The van der Waals surface area contributed by atoms with E-state index >= 15 is 0 Å². The molecule has 0 aliphatic rings. The lowest BCUT2D eigenvalue weighted by atomic mass is 10.2. The van der Waals surface area contributed by atoms with Crippen molar-refractivity contribution in [2.45, 2.75) is 6.42 Å². The summed E-state index contributed by atoms with van der Waals surface area (Å²) in [5, 5.41) is 10.8. The van der Waals surface area contributed by atoms with Crippen molar-refractivity contribution < 1.29 is 29.0 Å². The number of carboxylic acid groups (broad SMARTS) is 1. The number of carboxylic acids is 1. The zero-order valence-corrected chi connectivity index (χ0v) is 10.7. The summed E-state index contributed by atoms with van der Waals surface area (Å²) in [6.07, 6.45) is -0.108. The number of nitrogens with two attached hydrogens (primary N) is 1. The number of carbonyl (C=O) groups is 3. The van der Waals surface area contributed by atoms with Crippen LogP contribution in [0.4, 0.5) is 4.79 Å². The van der Waals surface area contributed by atoms with Gasteiger partial charge < -0.3 is 20.3 Å². The van der Waals surface area contributed by atoms with Gasteiger partial charge in [-0.2, -0.15) is 0 Å². The lowest BCUT2D eigenvalue weighted by molar-refractivity contribution is -0.120. The van der Waals surface area contributed by atoms with E-state index in [1.807, 2.05) is 5.32 Å². The summed E-state index contributed by atoms with van der Waals surface area (Å²) < 4.78 is 10.3. The average Bonchev–Trinajstić information content (AvgIpc) is 2.37. The first-order valence-corrected chi connectivity index (χ1v) is 5.57. The van der Waals surface area contributed by atoms with Crippen LogP contribution in [0.5, 0.6) is 11.5 Å². The van der Waals surface area contributed by atoms with Crippen LogP contribution in [0.3, 0.4) is 0 Å². The first-order chi connectivity index (χ1) is 9.43. The molecule has 0 aliphatic carbocycles. The van der Waals surface area contributed by atoms with Crippen molar-refractivity contribution in [2.24, 2.45) is 5.73 Å². The summed E-state index contributed by atoms with van der Waals surface area (Å²) in [4.78, 5) is 32.4. The van der Waals surface area contributed by atoms with Gasteiger partial charge in [0.25, 0.3) is 0 Å². The molecular weight excluding hydrogens is 268 g/mol. The van der Waals surface area contributed by atoms with E-state index in [2.05, 4.69) is 0 Å². The highest BCUT2D eigenvalue weighted by Gasteiger charge is 2.11. The van der Waals surface area contributed by atoms with Crippen molar-refractivity contribution in [3.8, 4) is 11.5 Å². The molecule has 0 bridgehead atoms. The highest BCUT2D eigenvalue weighted by atomic mass is 16.5. The molecule has 108 valence electrons. The molecule has 0 fully saturated rings. The topological polar surface area (TPSA) is 128 Å². The van der Waals surface area contributed by atoms with Crippen LogP contribution >= 0.6 is 0 Å². The summed E-state index contributed by atoms with van der Waals surface area (Å²) in [6.45, 7) is -0.0570. The summed E-state index contributed by atoms with van der Waals surface area (Å²) >= 11 is 0. The Bertz CT molecular complexity index is 529. The number of rotatable bonds is 6. The van der Waals surface area contributed by atoms with Crippen LogP contribution < -0.4 is 20.5 Å². The van der Waals surface area contributed by atoms with Crippen LogP contribution in [0.1, 0.15) is 16.8 Å². The van der Waals surface area contributed by atoms with Crippen LogP contribution in [0, 0.1) is 0 Å². The van der Waals surface area contributed by atoms with E-state index in [1.54, 1.807) is 0 Å². The van der Waals surface area contributed by atoms with Crippen LogP contribution in [-0.2, 0) is 4.79 Å². The van der Waals surface area contributed by atoms with Crippen molar-refractivity contribution >= 4 is 17.9 Å². The normalized spacial score (nSPS) is 9.65. The minimum absolute atomic E-state index is 0.0300. The molecule has 3 amide bonds. The number of methoxy groups -OCH3 is 1. The highest BCUT2D eigenvalue weighted by molar-refractivity contribution is 5.93. The second kappa shape index (κ2) is 6.98. The maximum absolute atomic E-state index is 11.2. The molecule has 0 heterocycles. The van der Waals surface area contributed by atoms with Crippen LogP contribution in [0.25, 0.3) is 0 Å². The molecule has 0 unspecified atom stereocenters. The molecule has 0 atom stereocenters. The minimum Gasteiger partial charge on any atom is -0.493 e. The highest BCUT2D eigenvalue weighted by Crippen LogP contribution is 2.28. The number of primary amides is 1. The van der Waals surface area contributed by atoms with E-state index in [0.717, 1.165) is 0 Å². The molecule has 1 rings (SSSR count). The van der Waals surface area contributed by atoms with Gasteiger partial charge in [0.15, 0.2) is 11.5 Å². The zero-order chi connectivity index (χ0) is 15.1. The second-order valence-electron chi connectivity index (χ2n) is 3.68. The van der Waals surface area contributed by atoms with Gasteiger partial charge in [-0.05, 0) is 18.2 Å². The predicted octanol–water partition coefficient (Wildman–Crippen LogP) is 0.357. The van der Waals surface area contributed by atoms with Crippen molar-refractivity contribution in [1.82, 2.24) is 5.32 Å². The Labute approximate surface area is 114 Å². The van der Waals surface area contributed by atoms with Crippen molar-refractivity contribution in [3.63, 3.8) is 0 Å². The zero-order valence-electron chi connectivity index (χ0n) is 10.7. The molecule has 0 aliphatic heterocycles. The first kappa shape index (κ1) is 15.3. The van der Waals surface area contributed by atoms with Crippen LogP contribution in [0.2, 0.25) is 0 Å². The Balaban J connectivity index is 2.66. The summed E-state index contributed by atoms with van der Waals surface area (Å²) in [5.41, 5.74) is 4.81. The molecule has 0 saturated heterocycles. The molecule has 20 heavy (non-hydrogen) atoms. The fourth-order valence-corrected chi connectivity index (χ4v) is 1.38. The van der Waals surface area contributed by atoms with Crippen LogP contribution in [0.15, 0.2) is 18.2 Å². The molecule has 4 N–H and O–H groups in total. The fourth-order valence-electron chi connectivity index (χ4n) is 1.38. The lowest BCUT2D eigenvalue weighted by Gasteiger charge is -2.11. The maximum Gasteiger partial charge on any atom is 0.335 e. The van der Waals surface area contributed by atoms with Gasteiger partial charge in [-0.1, -0.05) is 0 Å². The Morgan fingerprint density at radius 2 is 2.00 bits per heavy atom. The van der Waals surface area contributed by atoms with E-state index in [1.165, 1.54) is 25.3 Å². The van der Waals surface area contributed by atoms with E-state index in [9.17, 15) is 14.4 Å². The number of imide groups is 1. The lowest BCUT2D eigenvalue weighted by Crippen LogP contribution is -2.35. The molecule has 1 aromatic rings. The van der Waals surface area contributed by atoms with Crippen molar-refractivity contribution in [2.75, 3.05) is 13.7 Å². The Morgan fingerprint density at radius 3 is 2.55 bits per heavy atom. The van der Waals surface area contributed by atoms with Gasteiger partial charge in [-0.3, -0.25) is 10.1 Å². The molecule has 8 heteroatoms. The first-order valence-electron chi connectivity index (χ1n) is 5.57. The monoisotopic (exact) mass is 282 g/mol. The van der Waals surface area contributed by atoms with Crippen molar-refractivity contribution in [3.05, 3.63) is 23.8 Å². The standard InChI is InChI=1S/C12H14N2O6/c1-19-8-3-2-7(11(16)17)6-9(8)20-5-4-10(15)14-12(13)18/h2-3,6H,4-5H2,1H3,(H,16,17)(H3,13,14,15,18). The number of benzene rings is 1. The van der Waals surface area contributed by atoms with Gasteiger partial charge >= 0.3 is 12.0 Å². The molecule has 8 nitrogen and oxygen atoms in total. The number of ether oxygens (including phenoxy) is 2. The number of amides is 3. The van der Waals surface area contributed by atoms with Gasteiger partial charge in [0.05, 0.1) is 25.7 Å². The average molecular weight is 282 g/mol. The predicted molar refractivity (Wildman–Crippen MR) is 67.8 cm³/mol.